The Kier molecular flexibility index (Phi) is 4.67. The molecule has 0 fully saturated rings. The van der Waals surface area contributed by atoms with Crippen molar-refractivity contribution < 1.29 is 35.9 Å². The van der Waals surface area contributed by atoms with Gasteiger partial charge in [-0.05, 0) is 13.0 Å². The highest BCUT2D eigenvalue weighted by Crippen LogP contribution is 2.49. The first kappa shape index (κ1) is 23.0. The summed E-state index contributed by atoms with van der Waals surface area (Å²) in [5, 5.41) is 9.12. The normalized spacial score (nSPS) is 21.8. The number of hydrogen-bond acceptors (Lipinski definition) is 6. The fourth-order valence-corrected chi connectivity index (χ4v) is 4.23. The average molecular weight is 499 g/mol. The highest BCUT2D eigenvalue weighted by atomic mass is 19.4. The fraction of sp³-hybridized carbons (Fsp3) is 0.400. The Morgan fingerprint density at radius 1 is 1.11 bits per heavy atom. The van der Waals surface area contributed by atoms with E-state index < -0.39 is 54.0 Å². The molecule has 5 heterocycles. The van der Waals surface area contributed by atoms with Gasteiger partial charge in [0, 0.05) is 13.0 Å². The Bertz CT molecular complexity index is 1420. The molecule has 0 saturated carbocycles. The van der Waals surface area contributed by atoms with Gasteiger partial charge >= 0.3 is 12.1 Å². The van der Waals surface area contributed by atoms with E-state index in [0.717, 1.165) is 16.9 Å². The number of anilines is 2. The standard InChI is InChI=1S/C20H15F6N7O2/c1-7-16(34)30-12-10-13(31-17(35)18(7,10)2)29-14(28-12)11-9-5-8(21)6-27-15(9)33(32-11)4-3-19(22,23)20(24,25)26/h5-7H,3-4H2,1-2H3,(H2,28,29,30,31,34,35)/t7-,18+/m1/s1. The number of amides is 2. The third kappa shape index (κ3) is 3.24. The molecule has 2 aliphatic rings. The smallest absolute Gasteiger partial charge is 0.310 e. The average Bonchev–Trinajstić information content (AvgIpc) is 3.25. The van der Waals surface area contributed by atoms with Crippen molar-refractivity contribution >= 4 is 34.5 Å². The largest absolute Gasteiger partial charge is 0.453 e. The van der Waals surface area contributed by atoms with Gasteiger partial charge in [-0.3, -0.25) is 9.59 Å². The molecule has 0 aromatic carbocycles. The maximum Gasteiger partial charge on any atom is 0.453 e. The SMILES string of the molecule is C[C@@H]1C(=O)Nc2nc(-c3nn(CCC(F)(F)C(F)(F)F)c4ncc(F)cc34)nc3c2[C@@]1(C)C(=O)N3. The molecular weight excluding hydrogens is 484 g/mol. The first-order valence-corrected chi connectivity index (χ1v) is 10.3. The molecule has 3 aromatic heterocycles. The molecule has 184 valence electrons. The highest BCUT2D eigenvalue weighted by Gasteiger charge is 2.57. The predicted molar refractivity (Wildman–Crippen MR) is 108 cm³/mol. The predicted octanol–water partition coefficient (Wildman–Crippen LogP) is 3.41. The summed E-state index contributed by atoms with van der Waals surface area (Å²) >= 11 is 0. The van der Waals surface area contributed by atoms with Gasteiger partial charge in [-0.25, -0.2) is 24.0 Å². The van der Waals surface area contributed by atoms with Crippen molar-refractivity contribution in [2.75, 3.05) is 10.6 Å². The summed E-state index contributed by atoms with van der Waals surface area (Å²) in [6.45, 7) is 2.23. The molecule has 0 aliphatic carbocycles. The van der Waals surface area contributed by atoms with Crippen LogP contribution in [0.5, 0.6) is 0 Å². The summed E-state index contributed by atoms with van der Waals surface area (Å²) in [6, 6.07) is 0.953. The third-order valence-electron chi connectivity index (χ3n) is 6.45. The molecule has 9 nitrogen and oxygen atoms in total. The highest BCUT2D eigenvalue weighted by molar-refractivity contribution is 6.14. The van der Waals surface area contributed by atoms with Crippen LogP contribution in [0.3, 0.4) is 0 Å². The lowest BCUT2D eigenvalue weighted by Gasteiger charge is -2.33. The van der Waals surface area contributed by atoms with E-state index in [1.807, 2.05) is 0 Å². The minimum absolute atomic E-state index is 0.00427. The molecule has 0 radical (unpaired) electrons. The second-order valence-electron chi connectivity index (χ2n) is 8.54. The number of rotatable bonds is 4. The summed E-state index contributed by atoms with van der Waals surface area (Å²) in [6.07, 6.45) is -6.64. The van der Waals surface area contributed by atoms with Crippen LogP contribution in [0.4, 0.5) is 38.0 Å². The van der Waals surface area contributed by atoms with Crippen molar-refractivity contribution in [3.05, 3.63) is 23.6 Å². The van der Waals surface area contributed by atoms with Crippen LogP contribution in [-0.4, -0.2) is 48.6 Å². The number of alkyl halides is 5. The van der Waals surface area contributed by atoms with Crippen molar-refractivity contribution in [2.45, 2.75) is 44.3 Å². The van der Waals surface area contributed by atoms with Gasteiger partial charge in [0.2, 0.25) is 11.8 Å². The van der Waals surface area contributed by atoms with E-state index in [4.69, 9.17) is 0 Å². The molecule has 0 unspecified atom stereocenters. The Labute approximate surface area is 191 Å². The molecule has 0 saturated heterocycles. The summed E-state index contributed by atoms with van der Waals surface area (Å²) in [7, 11) is 0. The van der Waals surface area contributed by atoms with Crippen LogP contribution in [0.1, 0.15) is 25.8 Å². The van der Waals surface area contributed by atoms with Gasteiger partial charge in [0.05, 0.1) is 28.5 Å². The monoisotopic (exact) mass is 499 g/mol. The molecule has 2 amide bonds. The Morgan fingerprint density at radius 2 is 1.77 bits per heavy atom. The van der Waals surface area contributed by atoms with Crippen molar-refractivity contribution in [2.24, 2.45) is 5.92 Å². The van der Waals surface area contributed by atoms with Gasteiger partial charge in [-0.1, -0.05) is 6.92 Å². The summed E-state index contributed by atoms with van der Waals surface area (Å²) < 4.78 is 79.6. The number of nitrogens with zero attached hydrogens (tertiary/aromatic N) is 5. The van der Waals surface area contributed by atoms with E-state index in [2.05, 4.69) is 30.7 Å². The molecule has 0 bridgehead atoms. The molecular formula is C20H15F6N7O2. The third-order valence-corrected chi connectivity index (χ3v) is 6.45. The van der Waals surface area contributed by atoms with Crippen molar-refractivity contribution in [1.82, 2.24) is 24.7 Å². The van der Waals surface area contributed by atoms with Crippen molar-refractivity contribution in [1.29, 1.82) is 0 Å². The maximum atomic E-state index is 14.0. The van der Waals surface area contributed by atoms with Crippen LogP contribution < -0.4 is 10.6 Å². The van der Waals surface area contributed by atoms with Crippen LogP contribution in [-0.2, 0) is 21.5 Å². The van der Waals surface area contributed by atoms with E-state index in [1.165, 1.54) is 0 Å². The summed E-state index contributed by atoms with van der Waals surface area (Å²) in [5.74, 6) is -7.68. The first-order chi connectivity index (χ1) is 16.2. The van der Waals surface area contributed by atoms with Crippen LogP contribution in [0.25, 0.3) is 22.6 Å². The lowest BCUT2D eigenvalue weighted by Crippen LogP contribution is -2.47. The number of carbonyl (C=O) groups is 2. The van der Waals surface area contributed by atoms with E-state index in [1.54, 1.807) is 13.8 Å². The minimum atomic E-state index is -5.76. The zero-order valence-electron chi connectivity index (χ0n) is 18.0. The van der Waals surface area contributed by atoms with E-state index in [9.17, 15) is 35.9 Å². The summed E-state index contributed by atoms with van der Waals surface area (Å²) in [4.78, 5) is 37.5. The Morgan fingerprint density at radius 3 is 2.43 bits per heavy atom. The van der Waals surface area contributed by atoms with Gasteiger partial charge in [0.15, 0.2) is 11.5 Å². The van der Waals surface area contributed by atoms with Crippen LogP contribution in [0.15, 0.2) is 12.3 Å². The molecule has 0 spiro atoms. The lowest BCUT2D eigenvalue weighted by molar-refractivity contribution is -0.285. The quantitative estimate of drug-likeness (QED) is 0.532. The first-order valence-electron chi connectivity index (χ1n) is 10.3. The zero-order valence-corrected chi connectivity index (χ0v) is 18.0. The topological polar surface area (TPSA) is 115 Å². The van der Waals surface area contributed by atoms with Gasteiger partial charge in [-0.15, -0.1) is 0 Å². The molecule has 35 heavy (non-hydrogen) atoms. The number of aryl methyl sites for hydroxylation is 1. The number of fused-ring (bicyclic) bond motifs is 1. The maximum absolute atomic E-state index is 14.0. The number of hydrogen-bond donors (Lipinski definition) is 2. The van der Waals surface area contributed by atoms with Crippen LogP contribution in [0.2, 0.25) is 0 Å². The number of halogens is 6. The van der Waals surface area contributed by atoms with Gasteiger partial charge in [0.25, 0.3) is 0 Å². The molecule has 2 N–H and O–H groups in total. The number of aromatic nitrogens is 5. The van der Waals surface area contributed by atoms with E-state index in [-0.39, 0.29) is 34.2 Å². The minimum Gasteiger partial charge on any atom is -0.310 e. The number of nitrogens with one attached hydrogen (secondary N) is 2. The van der Waals surface area contributed by atoms with E-state index >= 15 is 0 Å². The van der Waals surface area contributed by atoms with Crippen molar-refractivity contribution in [3.8, 4) is 11.5 Å². The fourth-order valence-electron chi connectivity index (χ4n) is 4.23. The Hall–Kier alpha value is -3.78. The number of pyridine rings is 1. The lowest BCUT2D eigenvalue weighted by atomic mass is 9.71. The molecule has 2 aliphatic heterocycles. The van der Waals surface area contributed by atoms with Gasteiger partial charge in [0.1, 0.15) is 23.1 Å². The van der Waals surface area contributed by atoms with Crippen molar-refractivity contribution in [3.63, 3.8) is 0 Å². The second kappa shape index (κ2) is 7.11. The molecule has 3 aromatic rings. The number of carbonyl (C=O) groups excluding carboxylic acids is 2. The molecule has 15 heteroatoms. The van der Waals surface area contributed by atoms with Gasteiger partial charge < -0.3 is 10.6 Å². The molecule has 5 rings (SSSR count). The zero-order chi connectivity index (χ0) is 25.5. The van der Waals surface area contributed by atoms with Crippen LogP contribution in [0, 0.1) is 11.7 Å². The summed E-state index contributed by atoms with van der Waals surface area (Å²) in [5.41, 5.74) is -1.26. The van der Waals surface area contributed by atoms with E-state index in [0.29, 0.717) is 5.56 Å². The second-order valence-corrected chi connectivity index (χ2v) is 8.54. The molecule has 2 atom stereocenters. The van der Waals surface area contributed by atoms with Gasteiger partial charge in [-0.2, -0.15) is 27.1 Å². The Balaban J connectivity index is 1.64. The van der Waals surface area contributed by atoms with Crippen LogP contribution >= 0.6 is 0 Å².